The third-order valence-electron chi connectivity index (χ3n) is 1.53. The molecule has 0 aliphatic heterocycles. The van der Waals surface area contributed by atoms with Gasteiger partial charge >= 0.3 is 5.69 Å². The van der Waals surface area contributed by atoms with Crippen LogP contribution in [0.5, 0.6) is 5.88 Å². The van der Waals surface area contributed by atoms with E-state index in [2.05, 4.69) is 11.9 Å². The highest BCUT2D eigenvalue weighted by Gasteiger charge is 1.98. The van der Waals surface area contributed by atoms with Crippen molar-refractivity contribution < 1.29 is 5.11 Å². The maximum atomic E-state index is 10.9. The van der Waals surface area contributed by atoms with Crippen LogP contribution in [0.1, 0.15) is 19.8 Å². The number of nitrogens with one attached hydrogen (secondary N) is 1. The van der Waals surface area contributed by atoms with Crippen LogP contribution in [0.25, 0.3) is 0 Å². The summed E-state index contributed by atoms with van der Waals surface area (Å²) in [7, 11) is 0. The fourth-order valence-electron chi connectivity index (χ4n) is 0.914. The molecule has 0 aromatic carbocycles. The van der Waals surface area contributed by atoms with E-state index in [0.717, 1.165) is 12.8 Å². The molecule has 11 heavy (non-hydrogen) atoms. The van der Waals surface area contributed by atoms with Crippen LogP contribution < -0.4 is 5.69 Å². The van der Waals surface area contributed by atoms with E-state index < -0.39 is 0 Å². The van der Waals surface area contributed by atoms with E-state index >= 15 is 0 Å². The van der Waals surface area contributed by atoms with Crippen LogP contribution in [0.2, 0.25) is 0 Å². The molecule has 0 atom stereocenters. The number of aromatic nitrogens is 2. The van der Waals surface area contributed by atoms with Crippen LogP contribution >= 0.6 is 0 Å². The van der Waals surface area contributed by atoms with Crippen molar-refractivity contribution >= 4 is 0 Å². The van der Waals surface area contributed by atoms with Gasteiger partial charge in [0.25, 0.3) is 0 Å². The number of unbranched alkanes of at least 4 members (excludes halogenated alkanes) is 1. The number of hydrogen-bond donors (Lipinski definition) is 2. The predicted molar refractivity (Wildman–Crippen MR) is 41.6 cm³/mol. The highest BCUT2D eigenvalue weighted by molar-refractivity contribution is 5.00. The smallest absolute Gasteiger partial charge is 0.328 e. The molecule has 4 nitrogen and oxygen atoms in total. The Morgan fingerprint density at radius 1 is 1.73 bits per heavy atom. The lowest BCUT2D eigenvalue weighted by Gasteiger charge is -1.95. The van der Waals surface area contributed by atoms with E-state index in [9.17, 15) is 4.79 Å². The van der Waals surface area contributed by atoms with Crippen LogP contribution in [0.15, 0.2) is 11.0 Å². The molecule has 0 aliphatic rings. The predicted octanol–water partition coefficient (Wildman–Crippen LogP) is 0.682. The largest absolute Gasteiger partial charge is 0.493 e. The third-order valence-corrected chi connectivity index (χ3v) is 1.53. The van der Waals surface area contributed by atoms with Gasteiger partial charge in [0.05, 0.1) is 6.20 Å². The molecular weight excluding hydrogens is 144 g/mol. The molecule has 4 heteroatoms. The number of aryl methyl sites for hydroxylation is 1. The summed E-state index contributed by atoms with van der Waals surface area (Å²) >= 11 is 0. The van der Waals surface area contributed by atoms with E-state index in [0.29, 0.717) is 6.54 Å². The van der Waals surface area contributed by atoms with E-state index in [1.165, 1.54) is 10.8 Å². The first kappa shape index (κ1) is 7.91. The van der Waals surface area contributed by atoms with Gasteiger partial charge in [-0.2, -0.15) is 0 Å². The van der Waals surface area contributed by atoms with E-state index in [1.54, 1.807) is 0 Å². The molecule has 0 saturated carbocycles. The average molecular weight is 156 g/mol. The molecule has 0 bridgehead atoms. The zero-order chi connectivity index (χ0) is 8.27. The minimum absolute atomic E-state index is 0.0638. The molecule has 1 heterocycles. The number of imidazole rings is 1. The van der Waals surface area contributed by atoms with E-state index in [4.69, 9.17) is 5.11 Å². The maximum absolute atomic E-state index is 10.9. The number of aromatic hydroxyl groups is 1. The van der Waals surface area contributed by atoms with Crippen LogP contribution in [0, 0.1) is 0 Å². The van der Waals surface area contributed by atoms with Crippen LogP contribution in [0.3, 0.4) is 0 Å². The lowest BCUT2D eigenvalue weighted by molar-refractivity contribution is 0.454. The molecule has 62 valence electrons. The molecule has 1 aromatic rings. The summed E-state index contributed by atoms with van der Waals surface area (Å²) in [6, 6.07) is 0. The van der Waals surface area contributed by atoms with Gasteiger partial charge < -0.3 is 5.11 Å². The Hall–Kier alpha value is -1.19. The zero-order valence-corrected chi connectivity index (χ0v) is 6.50. The van der Waals surface area contributed by atoms with Gasteiger partial charge in [-0.1, -0.05) is 13.3 Å². The molecule has 0 amide bonds. The molecule has 0 unspecified atom stereocenters. The second-order valence-corrected chi connectivity index (χ2v) is 2.49. The van der Waals surface area contributed by atoms with Gasteiger partial charge in [0.2, 0.25) is 5.88 Å². The molecular formula is C7H12N2O2. The first-order valence-electron chi connectivity index (χ1n) is 3.72. The van der Waals surface area contributed by atoms with Crippen molar-refractivity contribution in [2.24, 2.45) is 0 Å². The van der Waals surface area contributed by atoms with Gasteiger partial charge in [-0.15, -0.1) is 0 Å². The van der Waals surface area contributed by atoms with Crippen molar-refractivity contribution in [1.29, 1.82) is 0 Å². The monoisotopic (exact) mass is 156 g/mol. The SMILES string of the molecule is CCCCn1cc(O)[nH]c1=O. The number of aromatic amines is 1. The van der Waals surface area contributed by atoms with Crippen molar-refractivity contribution in [3.8, 4) is 5.88 Å². The summed E-state index contributed by atoms with van der Waals surface area (Å²) in [5.74, 6) is -0.0638. The van der Waals surface area contributed by atoms with Gasteiger partial charge in [0.15, 0.2) is 0 Å². The summed E-state index contributed by atoms with van der Waals surface area (Å²) in [5, 5.41) is 8.86. The van der Waals surface area contributed by atoms with E-state index in [-0.39, 0.29) is 11.6 Å². The second-order valence-electron chi connectivity index (χ2n) is 2.49. The lowest BCUT2D eigenvalue weighted by Crippen LogP contribution is -2.15. The average Bonchev–Trinajstić information content (AvgIpc) is 2.26. The molecule has 1 rings (SSSR count). The summed E-state index contributed by atoms with van der Waals surface area (Å²) < 4.78 is 1.47. The van der Waals surface area contributed by atoms with Gasteiger partial charge in [-0.25, -0.2) is 4.79 Å². The third kappa shape index (κ3) is 1.86. The van der Waals surface area contributed by atoms with Gasteiger partial charge in [0.1, 0.15) is 0 Å². The van der Waals surface area contributed by atoms with Crippen molar-refractivity contribution in [1.82, 2.24) is 9.55 Å². The van der Waals surface area contributed by atoms with Crippen molar-refractivity contribution in [2.75, 3.05) is 0 Å². The molecule has 2 N–H and O–H groups in total. The first-order chi connectivity index (χ1) is 5.24. The van der Waals surface area contributed by atoms with Crippen molar-refractivity contribution in [3.05, 3.63) is 16.7 Å². The molecule has 1 aromatic heterocycles. The van der Waals surface area contributed by atoms with Crippen LogP contribution in [-0.4, -0.2) is 14.7 Å². The Kier molecular flexibility index (Phi) is 2.36. The molecule has 0 saturated heterocycles. The maximum Gasteiger partial charge on any atom is 0.328 e. The molecule has 0 radical (unpaired) electrons. The van der Waals surface area contributed by atoms with Crippen molar-refractivity contribution in [2.45, 2.75) is 26.3 Å². The number of H-pyrrole nitrogens is 1. The van der Waals surface area contributed by atoms with Gasteiger partial charge in [-0.3, -0.25) is 9.55 Å². The summed E-state index contributed by atoms with van der Waals surface area (Å²) in [6.07, 6.45) is 3.41. The van der Waals surface area contributed by atoms with Crippen molar-refractivity contribution in [3.63, 3.8) is 0 Å². The minimum atomic E-state index is -0.240. The Morgan fingerprint density at radius 2 is 2.45 bits per heavy atom. The quantitative estimate of drug-likeness (QED) is 0.676. The molecule has 0 fully saturated rings. The number of nitrogens with zero attached hydrogens (tertiary/aromatic N) is 1. The fraction of sp³-hybridized carbons (Fsp3) is 0.571. The summed E-state index contributed by atoms with van der Waals surface area (Å²) in [6.45, 7) is 2.73. The highest BCUT2D eigenvalue weighted by atomic mass is 16.3. The Balaban J connectivity index is 2.70. The minimum Gasteiger partial charge on any atom is -0.493 e. The number of rotatable bonds is 3. The zero-order valence-electron chi connectivity index (χ0n) is 6.50. The molecule has 0 spiro atoms. The Morgan fingerprint density at radius 3 is 2.91 bits per heavy atom. The summed E-state index contributed by atoms with van der Waals surface area (Å²) in [4.78, 5) is 13.2. The van der Waals surface area contributed by atoms with Gasteiger partial charge in [0, 0.05) is 6.54 Å². The molecule has 0 aliphatic carbocycles. The lowest BCUT2D eigenvalue weighted by atomic mass is 10.3. The highest BCUT2D eigenvalue weighted by Crippen LogP contribution is 1.99. The fourth-order valence-corrected chi connectivity index (χ4v) is 0.914. The van der Waals surface area contributed by atoms with Crippen LogP contribution in [0.4, 0.5) is 0 Å². The Labute approximate surface area is 64.5 Å². The Bertz CT molecular complexity index is 274. The van der Waals surface area contributed by atoms with Gasteiger partial charge in [-0.05, 0) is 6.42 Å². The second kappa shape index (κ2) is 3.27. The normalized spacial score (nSPS) is 10.3. The van der Waals surface area contributed by atoms with Crippen LogP contribution in [-0.2, 0) is 6.54 Å². The topological polar surface area (TPSA) is 58.0 Å². The van der Waals surface area contributed by atoms with E-state index in [1.807, 2.05) is 0 Å². The number of hydrogen-bond acceptors (Lipinski definition) is 2. The first-order valence-corrected chi connectivity index (χ1v) is 3.72. The summed E-state index contributed by atoms with van der Waals surface area (Å²) in [5.41, 5.74) is -0.240. The standard InChI is InChI=1S/C7H12N2O2/c1-2-3-4-9-5-6(10)8-7(9)11/h5,10H,2-4H2,1H3,(H,8,11).